The van der Waals surface area contributed by atoms with Crippen molar-refractivity contribution in [2.24, 2.45) is 62.6 Å². The highest BCUT2D eigenvalue weighted by Crippen LogP contribution is 2.75. The molecule has 0 spiro atoms. The van der Waals surface area contributed by atoms with Crippen molar-refractivity contribution in [2.45, 2.75) is 165 Å². The number of hydrogen-bond acceptors (Lipinski definition) is 6. The van der Waals surface area contributed by atoms with Gasteiger partial charge in [0, 0.05) is 23.0 Å². The van der Waals surface area contributed by atoms with E-state index in [0.29, 0.717) is 55.8 Å². The summed E-state index contributed by atoms with van der Waals surface area (Å²) in [4.78, 5) is 27.5. The molecule has 7 heteroatoms. The zero-order valence-electron chi connectivity index (χ0n) is 37.4. The first-order chi connectivity index (χ1) is 26.1. The molecule has 1 aliphatic heterocycles. The zero-order chi connectivity index (χ0) is 41.1. The predicted molar refractivity (Wildman–Crippen MR) is 224 cm³/mol. The smallest absolute Gasteiger partial charge is 0.408 e. The number of rotatable bonds is 11. The molecule has 314 valence electrons. The summed E-state index contributed by atoms with van der Waals surface area (Å²) < 4.78 is 25.7. The van der Waals surface area contributed by atoms with E-state index in [4.69, 9.17) is 18.9 Å². The Hall–Kier alpha value is -2.38. The van der Waals surface area contributed by atoms with E-state index in [1.807, 2.05) is 39.0 Å². The van der Waals surface area contributed by atoms with Gasteiger partial charge in [0.25, 0.3) is 0 Å². The highest BCUT2D eigenvalue weighted by Gasteiger charge is 2.71. The number of nitrogens with one attached hydrogen (secondary N) is 1. The van der Waals surface area contributed by atoms with E-state index in [2.05, 4.69) is 92.8 Å². The monoisotopic (exact) mass is 776 g/mol. The fourth-order valence-corrected chi connectivity index (χ4v) is 13.4. The standard InChI is InChI=1S/C49H77NO6/c1-14-44(9,50-42(52)56-43(6,7)8)26-27-54-40-33(4)28-49-31-53-30-46(40,11)38(49)21-20-36-37(49)22-23-48(13)39(41(51)55-29-35-18-16-15-17-19-35)45(10,34(5)32(2)3)24-25-47(36,48)12/h15-19,22,32-34,36,38-40H,14,20-21,23-31H2,1-13H3,(H,50,52)/t33-,34-,36+,38+,39-,40+,44?,45-,46+,47-,48+,49+/m1/s1. The molecular weight excluding hydrogens is 699 g/mol. The Morgan fingerprint density at radius 2 is 1.66 bits per heavy atom. The predicted octanol–water partition coefficient (Wildman–Crippen LogP) is 11.3. The number of fused-ring (bicyclic) bond motifs is 3. The number of carbonyl (C=O) groups excluding carboxylic acids is 2. The Morgan fingerprint density at radius 3 is 2.30 bits per heavy atom. The number of alkyl carbamates (subject to hydrolysis) is 1. The highest BCUT2D eigenvalue weighted by atomic mass is 16.6. The second kappa shape index (κ2) is 15.3. The Bertz CT molecular complexity index is 1620. The fraction of sp³-hybridized carbons (Fsp3) is 0.796. The van der Waals surface area contributed by atoms with Gasteiger partial charge >= 0.3 is 12.1 Å². The molecule has 56 heavy (non-hydrogen) atoms. The Labute approximate surface area is 340 Å². The lowest BCUT2D eigenvalue weighted by atomic mass is 9.34. The van der Waals surface area contributed by atoms with Crippen molar-refractivity contribution in [3.8, 4) is 0 Å². The van der Waals surface area contributed by atoms with Crippen LogP contribution in [0.25, 0.3) is 0 Å². The topological polar surface area (TPSA) is 83.1 Å². The van der Waals surface area contributed by atoms with Crippen molar-refractivity contribution >= 4 is 12.1 Å². The van der Waals surface area contributed by atoms with E-state index in [1.54, 1.807) is 5.57 Å². The third-order valence-corrected chi connectivity index (χ3v) is 17.1. The van der Waals surface area contributed by atoms with Crippen molar-refractivity contribution in [1.82, 2.24) is 5.32 Å². The van der Waals surface area contributed by atoms with E-state index in [9.17, 15) is 9.59 Å². The van der Waals surface area contributed by atoms with Gasteiger partial charge in [-0.1, -0.05) is 104 Å². The summed E-state index contributed by atoms with van der Waals surface area (Å²) in [7, 11) is 0. The number of amides is 1. The summed E-state index contributed by atoms with van der Waals surface area (Å²) in [6.45, 7) is 31.6. The maximum absolute atomic E-state index is 14.8. The van der Waals surface area contributed by atoms with Gasteiger partial charge in [-0.3, -0.25) is 4.79 Å². The van der Waals surface area contributed by atoms with Crippen molar-refractivity contribution in [3.63, 3.8) is 0 Å². The summed E-state index contributed by atoms with van der Waals surface area (Å²) >= 11 is 0. The van der Waals surface area contributed by atoms with Gasteiger partial charge in [-0.05, 0) is 130 Å². The quantitative estimate of drug-likeness (QED) is 0.178. The molecule has 1 heterocycles. The molecule has 1 unspecified atom stereocenters. The molecule has 4 fully saturated rings. The lowest BCUT2D eigenvalue weighted by Gasteiger charge is -2.71. The highest BCUT2D eigenvalue weighted by molar-refractivity contribution is 5.75. The summed E-state index contributed by atoms with van der Waals surface area (Å²) in [6, 6.07) is 10.2. The van der Waals surface area contributed by atoms with E-state index in [0.717, 1.165) is 57.1 Å². The summed E-state index contributed by atoms with van der Waals surface area (Å²) in [5.41, 5.74) is 1.12. The van der Waals surface area contributed by atoms with Gasteiger partial charge in [-0.25, -0.2) is 4.79 Å². The first-order valence-corrected chi connectivity index (χ1v) is 22.2. The molecule has 2 bridgehead atoms. The molecule has 1 amide bonds. The summed E-state index contributed by atoms with van der Waals surface area (Å²) in [5.74, 6) is 1.87. The third kappa shape index (κ3) is 7.30. The van der Waals surface area contributed by atoms with Crippen LogP contribution in [-0.2, 0) is 30.3 Å². The van der Waals surface area contributed by atoms with Gasteiger partial charge in [-0.15, -0.1) is 0 Å². The SMILES string of the molecule is CCC(C)(CCO[C@H]1[C@H](C)C[C@@]23COC[C@@]1(C)[C@@H]2CC[C@H]1C3=CC[C@@]2(C)[C@H](C(=O)OCc3ccccc3)[C@@](C)([C@H](C)C(C)C)CC[C@]12C)NC(=O)OC(C)(C)C. The molecule has 3 saturated carbocycles. The van der Waals surface area contributed by atoms with E-state index < -0.39 is 11.1 Å². The number of ether oxygens (including phenoxy) is 4. The number of hydrogen-bond donors (Lipinski definition) is 1. The summed E-state index contributed by atoms with van der Waals surface area (Å²) in [5, 5.41) is 3.14. The second-order valence-corrected chi connectivity index (χ2v) is 21.9. The molecule has 4 aliphatic carbocycles. The van der Waals surface area contributed by atoms with Crippen molar-refractivity contribution in [3.05, 3.63) is 47.5 Å². The van der Waals surface area contributed by atoms with Crippen LogP contribution in [-0.4, -0.2) is 49.1 Å². The van der Waals surface area contributed by atoms with Crippen LogP contribution in [0.1, 0.15) is 147 Å². The molecule has 1 aromatic carbocycles. The maximum atomic E-state index is 14.8. The Kier molecular flexibility index (Phi) is 11.8. The molecule has 12 atom stereocenters. The van der Waals surface area contributed by atoms with Crippen LogP contribution >= 0.6 is 0 Å². The largest absolute Gasteiger partial charge is 0.461 e. The van der Waals surface area contributed by atoms with Crippen LogP contribution in [0.5, 0.6) is 0 Å². The first-order valence-electron chi connectivity index (χ1n) is 22.2. The van der Waals surface area contributed by atoms with Gasteiger partial charge in [0.2, 0.25) is 0 Å². The molecule has 0 radical (unpaired) electrons. The van der Waals surface area contributed by atoms with Crippen LogP contribution in [0.15, 0.2) is 42.0 Å². The van der Waals surface area contributed by atoms with E-state index in [-0.39, 0.29) is 51.2 Å². The molecule has 6 rings (SSSR count). The molecular formula is C49H77NO6. The van der Waals surface area contributed by atoms with Gasteiger partial charge in [0.1, 0.15) is 12.2 Å². The van der Waals surface area contributed by atoms with Crippen molar-refractivity contribution in [1.29, 1.82) is 0 Å². The van der Waals surface area contributed by atoms with Gasteiger partial charge in [-0.2, -0.15) is 0 Å². The minimum absolute atomic E-state index is 0.0127. The lowest BCUT2D eigenvalue weighted by Crippen LogP contribution is -2.68. The Morgan fingerprint density at radius 1 is 0.964 bits per heavy atom. The van der Waals surface area contributed by atoms with Crippen LogP contribution in [0.3, 0.4) is 0 Å². The van der Waals surface area contributed by atoms with Crippen LogP contribution in [0.4, 0.5) is 4.79 Å². The first kappa shape index (κ1) is 43.2. The van der Waals surface area contributed by atoms with Crippen LogP contribution < -0.4 is 5.32 Å². The fourth-order valence-electron chi connectivity index (χ4n) is 13.4. The molecule has 7 nitrogen and oxygen atoms in total. The van der Waals surface area contributed by atoms with Crippen LogP contribution in [0, 0.1) is 62.6 Å². The van der Waals surface area contributed by atoms with Crippen molar-refractivity contribution < 1.29 is 28.5 Å². The minimum Gasteiger partial charge on any atom is -0.461 e. The number of carbonyl (C=O) groups is 2. The maximum Gasteiger partial charge on any atom is 0.408 e. The van der Waals surface area contributed by atoms with Gasteiger partial charge in [0.15, 0.2) is 0 Å². The average molecular weight is 776 g/mol. The zero-order valence-corrected chi connectivity index (χ0v) is 37.4. The minimum atomic E-state index is -0.544. The van der Waals surface area contributed by atoms with E-state index in [1.165, 1.54) is 0 Å². The van der Waals surface area contributed by atoms with Crippen LogP contribution in [0.2, 0.25) is 0 Å². The second-order valence-electron chi connectivity index (χ2n) is 21.9. The average Bonchev–Trinajstić information content (AvgIpc) is 3.11. The third-order valence-electron chi connectivity index (χ3n) is 17.1. The van der Waals surface area contributed by atoms with Crippen molar-refractivity contribution in [2.75, 3.05) is 19.8 Å². The van der Waals surface area contributed by atoms with Gasteiger partial charge < -0.3 is 24.3 Å². The normalized spacial score (nSPS) is 39.5. The number of esters is 1. The summed E-state index contributed by atoms with van der Waals surface area (Å²) in [6.07, 6.45) is 10.2. The van der Waals surface area contributed by atoms with Gasteiger partial charge in [0.05, 0.1) is 25.2 Å². The molecule has 1 aromatic rings. The molecule has 5 aliphatic rings. The molecule has 1 N–H and O–H groups in total. The lowest BCUT2D eigenvalue weighted by molar-refractivity contribution is -0.251. The molecule has 1 saturated heterocycles. The number of allylic oxidation sites excluding steroid dienone is 1. The Balaban J connectivity index is 1.27. The molecule has 0 aromatic heterocycles. The van der Waals surface area contributed by atoms with E-state index >= 15 is 0 Å². The number of benzene rings is 1.